The molecule has 21 heavy (non-hydrogen) atoms. The minimum atomic E-state index is 0.0877. The molecule has 1 aliphatic rings. The topological polar surface area (TPSA) is 48.0 Å². The number of rotatable bonds is 8. The van der Waals surface area contributed by atoms with Gasteiger partial charge in [-0.05, 0) is 31.5 Å². The molecular formula is C16H23NO4. The fourth-order valence-electron chi connectivity index (χ4n) is 2.27. The Morgan fingerprint density at radius 2 is 2.14 bits per heavy atom. The third-order valence-electron chi connectivity index (χ3n) is 3.84. The van der Waals surface area contributed by atoms with Crippen molar-refractivity contribution in [1.82, 2.24) is 4.90 Å². The molecule has 1 unspecified atom stereocenters. The maximum Gasteiger partial charge on any atom is 0.231 e. The zero-order valence-corrected chi connectivity index (χ0v) is 12.9. The van der Waals surface area contributed by atoms with Gasteiger partial charge >= 0.3 is 0 Å². The SMILES string of the molecule is CCC(C)N(CCOC)CC(=O)c1ccc2c(c1)OCO2. The average molecular weight is 293 g/mol. The van der Waals surface area contributed by atoms with E-state index in [1.165, 1.54) is 0 Å². The molecule has 0 aromatic heterocycles. The van der Waals surface area contributed by atoms with Gasteiger partial charge in [0.15, 0.2) is 17.3 Å². The number of hydrogen-bond acceptors (Lipinski definition) is 5. The number of Topliss-reactive ketones (excluding diaryl/α,β-unsaturated/α-hetero) is 1. The van der Waals surface area contributed by atoms with E-state index in [4.69, 9.17) is 14.2 Å². The van der Waals surface area contributed by atoms with E-state index in [1.54, 1.807) is 25.3 Å². The summed E-state index contributed by atoms with van der Waals surface area (Å²) in [5, 5.41) is 0. The van der Waals surface area contributed by atoms with E-state index in [2.05, 4.69) is 18.7 Å². The number of carbonyl (C=O) groups is 1. The number of carbonyl (C=O) groups excluding carboxylic acids is 1. The van der Waals surface area contributed by atoms with Gasteiger partial charge < -0.3 is 14.2 Å². The fraction of sp³-hybridized carbons (Fsp3) is 0.562. The second-order valence-electron chi connectivity index (χ2n) is 5.21. The van der Waals surface area contributed by atoms with Crippen molar-refractivity contribution < 1.29 is 19.0 Å². The summed E-state index contributed by atoms with van der Waals surface area (Å²) in [7, 11) is 1.68. The van der Waals surface area contributed by atoms with Crippen LogP contribution in [0.25, 0.3) is 0 Å². The summed E-state index contributed by atoms with van der Waals surface area (Å²) >= 11 is 0. The maximum atomic E-state index is 12.5. The lowest BCUT2D eigenvalue weighted by molar-refractivity contribution is 0.0834. The summed E-state index contributed by atoms with van der Waals surface area (Å²) < 4.78 is 15.7. The molecule has 5 nitrogen and oxygen atoms in total. The van der Waals surface area contributed by atoms with Gasteiger partial charge in [-0.25, -0.2) is 0 Å². The van der Waals surface area contributed by atoms with Crippen molar-refractivity contribution in [3.63, 3.8) is 0 Å². The van der Waals surface area contributed by atoms with Crippen LogP contribution in [-0.4, -0.2) is 50.3 Å². The Morgan fingerprint density at radius 3 is 2.86 bits per heavy atom. The van der Waals surface area contributed by atoms with Crippen LogP contribution in [0.1, 0.15) is 30.6 Å². The zero-order valence-electron chi connectivity index (χ0n) is 12.9. The normalized spacial score (nSPS) is 14.5. The lowest BCUT2D eigenvalue weighted by Crippen LogP contribution is -2.39. The van der Waals surface area contributed by atoms with Crippen LogP contribution >= 0.6 is 0 Å². The Morgan fingerprint density at radius 1 is 1.38 bits per heavy atom. The maximum absolute atomic E-state index is 12.5. The minimum absolute atomic E-state index is 0.0877. The highest BCUT2D eigenvalue weighted by atomic mass is 16.7. The van der Waals surface area contributed by atoms with Gasteiger partial charge in [0.05, 0.1) is 13.2 Å². The molecule has 5 heteroatoms. The van der Waals surface area contributed by atoms with Crippen molar-refractivity contribution in [2.45, 2.75) is 26.3 Å². The smallest absolute Gasteiger partial charge is 0.231 e. The summed E-state index contributed by atoms with van der Waals surface area (Å²) in [4.78, 5) is 14.6. The predicted molar refractivity (Wildman–Crippen MR) is 80.1 cm³/mol. The van der Waals surface area contributed by atoms with E-state index >= 15 is 0 Å². The second-order valence-corrected chi connectivity index (χ2v) is 5.21. The molecular weight excluding hydrogens is 270 g/mol. The average Bonchev–Trinajstić information content (AvgIpc) is 2.97. The number of ketones is 1. The van der Waals surface area contributed by atoms with Crippen LogP contribution in [-0.2, 0) is 4.74 Å². The van der Waals surface area contributed by atoms with Crippen LogP contribution in [0, 0.1) is 0 Å². The van der Waals surface area contributed by atoms with Crippen LogP contribution in [0.5, 0.6) is 11.5 Å². The molecule has 0 saturated heterocycles. The molecule has 0 fully saturated rings. The Hall–Kier alpha value is -1.59. The molecule has 1 aliphatic heterocycles. The van der Waals surface area contributed by atoms with Gasteiger partial charge in [-0.3, -0.25) is 9.69 Å². The molecule has 0 spiro atoms. The molecule has 0 saturated carbocycles. The van der Waals surface area contributed by atoms with Gasteiger partial charge in [0.1, 0.15) is 0 Å². The van der Waals surface area contributed by atoms with Crippen molar-refractivity contribution in [1.29, 1.82) is 0 Å². The van der Waals surface area contributed by atoms with Gasteiger partial charge in [-0.2, -0.15) is 0 Å². The predicted octanol–water partition coefficient (Wildman–Crippen LogP) is 2.34. The van der Waals surface area contributed by atoms with E-state index < -0.39 is 0 Å². The quantitative estimate of drug-likeness (QED) is 0.689. The summed E-state index contributed by atoms with van der Waals surface area (Å²) in [6.45, 7) is 6.23. The second kappa shape index (κ2) is 7.43. The van der Waals surface area contributed by atoms with Gasteiger partial charge in [0, 0.05) is 25.3 Å². The largest absolute Gasteiger partial charge is 0.454 e. The van der Waals surface area contributed by atoms with Crippen molar-refractivity contribution in [3.8, 4) is 11.5 Å². The first-order valence-corrected chi connectivity index (χ1v) is 7.31. The number of nitrogens with zero attached hydrogens (tertiary/aromatic N) is 1. The third-order valence-corrected chi connectivity index (χ3v) is 3.84. The van der Waals surface area contributed by atoms with E-state index in [-0.39, 0.29) is 12.6 Å². The monoisotopic (exact) mass is 293 g/mol. The number of hydrogen-bond donors (Lipinski definition) is 0. The molecule has 0 aliphatic carbocycles. The van der Waals surface area contributed by atoms with E-state index in [0.29, 0.717) is 36.3 Å². The Balaban J connectivity index is 2.04. The van der Waals surface area contributed by atoms with E-state index in [1.807, 2.05) is 0 Å². The van der Waals surface area contributed by atoms with Gasteiger partial charge in [-0.15, -0.1) is 0 Å². The fourth-order valence-corrected chi connectivity index (χ4v) is 2.27. The van der Waals surface area contributed by atoms with Crippen LogP contribution in [0.4, 0.5) is 0 Å². The zero-order chi connectivity index (χ0) is 15.2. The van der Waals surface area contributed by atoms with Crippen molar-refractivity contribution >= 4 is 5.78 Å². The molecule has 2 rings (SSSR count). The Kier molecular flexibility index (Phi) is 5.59. The number of fused-ring (bicyclic) bond motifs is 1. The van der Waals surface area contributed by atoms with Gasteiger partial charge in [0.25, 0.3) is 0 Å². The summed E-state index contributed by atoms with van der Waals surface area (Å²) in [5.74, 6) is 1.43. The standard InChI is InChI=1S/C16H23NO4/c1-4-12(2)17(7-8-19-3)10-14(18)13-5-6-15-16(9-13)21-11-20-15/h5-6,9,12H,4,7-8,10-11H2,1-3H3. The Bertz CT molecular complexity index is 489. The first-order valence-electron chi connectivity index (χ1n) is 7.31. The van der Waals surface area contributed by atoms with Crippen LogP contribution < -0.4 is 9.47 Å². The van der Waals surface area contributed by atoms with Crippen molar-refractivity contribution in [3.05, 3.63) is 23.8 Å². The Labute approximate surface area is 125 Å². The molecule has 0 amide bonds. The molecule has 116 valence electrons. The molecule has 1 heterocycles. The molecule has 0 bridgehead atoms. The van der Waals surface area contributed by atoms with Crippen LogP contribution in [0.3, 0.4) is 0 Å². The van der Waals surface area contributed by atoms with Crippen LogP contribution in [0.2, 0.25) is 0 Å². The minimum Gasteiger partial charge on any atom is -0.454 e. The van der Waals surface area contributed by atoms with Gasteiger partial charge in [0.2, 0.25) is 6.79 Å². The summed E-state index contributed by atoms with van der Waals surface area (Å²) in [6, 6.07) is 5.69. The van der Waals surface area contributed by atoms with E-state index in [0.717, 1.165) is 13.0 Å². The summed E-state index contributed by atoms with van der Waals surface area (Å²) in [5.41, 5.74) is 0.657. The lowest BCUT2D eigenvalue weighted by Gasteiger charge is -2.27. The molecule has 1 atom stereocenters. The van der Waals surface area contributed by atoms with E-state index in [9.17, 15) is 4.79 Å². The highest BCUT2D eigenvalue weighted by molar-refractivity contribution is 5.98. The van der Waals surface area contributed by atoms with Gasteiger partial charge in [-0.1, -0.05) is 6.92 Å². The first-order chi connectivity index (χ1) is 10.2. The highest BCUT2D eigenvalue weighted by Gasteiger charge is 2.20. The molecule has 0 radical (unpaired) electrons. The lowest BCUT2D eigenvalue weighted by atomic mass is 10.1. The number of methoxy groups -OCH3 is 1. The van der Waals surface area contributed by atoms with Crippen molar-refractivity contribution in [2.75, 3.05) is 33.6 Å². The number of ether oxygens (including phenoxy) is 3. The van der Waals surface area contributed by atoms with Crippen LogP contribution in [0.15, 0.2) is 18.2 Å². The third kappa shape index (κ3) is 3.95. The van der Waals surface area contributed by atoms with Crippen molar-refractivity contribution in [2.24, 2.45) is 0 Å². The summed E-state index contributed by atoms with van der Waals surface area (Å²) in [6.07, 6.45) is 0.998. The molecule has 1 aromatic rings. The molecule has 1 aromatic carbocycles. The number of benzene rings is 1. The first kappa shape index (κ1) is 15.8. The highest BCUT2D eigenvalue weighted by Crippen LogP contribution is 2.32. The molecule has 0 N–H and O–H groups in total.